The van der Waals surface area contributed by atoms with Crippen molar-refractivity contribution in [2.45, 2.75) is 44.7 Å². The predicted octanol–water partition coefficient (Wildman–Crippen LogP) is 2.19. The van der Waals surface area contributed by atoms with Crippen LogP contribution in [-0.2, 0) is 11.2 Å². The number of nitrogens with zero attached hydrogens (tertiary/aromatic N) is 1. The van der Waals surface area contributed by atoms with Gasteiger partial charge in [0.2, 0.25) is 5.91 Å². The van der Waals surface area contributed by atoms with E-state index < -0.39 is 0 Å². The van der Waals surface area contributed by atoms with Crippen LogP contribution in [0.15, 0.2) is 18.2 Å². The van der Waals surface area contributed by atoms with Crippen molar-refractivity contribution in [3.05, 3.63) is 34.9 Å². The van der Waals surface area contributed by atoms with Crippen molar-refractivity contribution in [1.29, 1.82) is 0 Å². The van der Waals surface area contributed by atoms with Crippen LogP contribution in [0.2, 0.25) is 0 Å². The molecule has 0 aromatic heterocycles. The molecule has 2 fully saturated rings. The Bertz CT molecular complexity index is 554. The van der Waals surface area contributed by atoms with E-state index in [4.69, 9.17) is 0 Å². The van der Waals surface area contributed by atoms with E-state index in [1.807, 2.05) is 0 Å². The van der Waals surface area contributed by atoms with Gasteiger partial charge in [0.05, 0.1) is 12.0 Å². The van der Waals surface area contributed by atoms with Crippen LogP contribution in [0.25, 0.3) is 0 Å². The molecule has 3 atom stereocenters. The number of benzene rings is 1. The van der Waals surface area contributed by atoms with Gasteiger partial charge in [-0.25, -0.2) is 0 Å². The molecule has 3 heterocycles. The largest absolute Gasteiger partial charge is 0.335 e. The van der Waals surface area contributed by atoms with Crippen molar-refractivity contribution in [3.63, 3.8) is 0 Å². The highest BCUT2D eigenvalue weighted by molar-refractivity contribution is 5.81. The van der Waals surface area contributed by atoms with Crippen molar-refractivity contribution in [1.82, 2.24) is 10.2 Å². The van der Waals surface area contributed by atoms with Crippen molar-refractivity contribution in [2.24, 2.45) is 5.92 Å². The fourth-order valence-electron chi connectivity index (χ4n) is 4.28. The molecule has 0 radical (unpaired) electrons. The highest BCUT2D eigenvalue weighted by atomic mass is 16.2. The minimum Gasteiger partial charge on any atom is -0.335 e. The van der Waals surface area contributed by atoms with Crippen LogP contribution in [-0.4, -0.2) is 29.9 Å². The van der Waals surface area contributed by atoms with Gasteiger partial charge in [-0.05, 0) is 50.3 Å². The van der Waals surface area contributed by atoms with Gasteiger partial charge in [0.25, 0.3) is 0 Å². The van der Waals surface area contributed by atoms with Crippen LogP contribution < -0.4 is 5.32 Å². The third kappa shape index (κ3) is 1.80. The topological polar surface area (TPSA) is 32.3 Å². The second kappa shape index (κ2) is 4.59. The van der Waals surface area contributed by atoms with Crippen LogP contribution in [0, 0.1) is 12.8 Å². The Morgan fingerprint density at radius 3 is 3.15 bits per heavy atom. The predicted molar refractivity (Wildman–Crippen MR) is 78.5 cm³/mol. The summed E-state index contributed by atoms with van der Waals surface area (Å²) in [5.41, 5.74) is 4.14. The molecule has 0 saturated carbocycles. The fourth-order valence-corrected chi connectivity index (χ4v) is 4.28. The van der Waals surface area contributed by atoms with E-state index in [1.54, 1.807) is 0 Å². The van der Waals surface area contributed by atoms with E-state index in [1.165, 1.54) is 16.7 Å². The number of nitrogens with one attached hydrogen (secondary N) is 1. The maximum absolute atomic E-state index is 12.8. The molecular formula is C17H22N2O. The molecule has 3 aliphatic heterocycles. The summed E-state index contributed by atoms with van der Waals surface area (Å²) in [7, 11) is 0. The molecule has 3 nitrogen and oxygen atoms in total. The number of carbonyl (C=O) groups excluding carboxylic acids is 1. The minimum absolute atomic E-state index is 0.228. The smallest absolute Gasteiger partial charge is 0.227 e. The Kier molecular flexibility index (Phi) is 2.84. The van der Waals surface area contributed by atoms with Crippen molar-refractivity contribution < 1.29 is 4.79 Å². The Labute approximate surface area is 120 Å². The lowest BCUT2D eigenvalue weighted by Gasteiger charge is -2.48. The zero-order valence-electron chi connectivity index (χ0n) is 12.1. The molecule has 0 unspecified atom stereocenters. The van der Waals surface area contributed by atoms with Crippen molar-refractivity contribution in [2.75, 3.05) is 13.1 Å². The normalized spacial score (nSPS) is 32.4. The van der Waals surface area contributed by atoms with Gasteiger partial charge >= 0.3 is 0 Å². The number of amides is 1. The lowest BCUT2D eigenvalue weighted by molar-refractivity contribution is -0.145. The molecule has 1 aromatic carbocycles. The minimum atomic E-state index is 0.228. The molecular weight excluding hydrogens is 248 g/mol. The number of aryl methyl sites for hydroxylation is 1. The first-order valence-corrected chi connectivity index (χ1v) is 7.87. The summed E-state index contributed by atoms with van der Waals surface area (Å²) in [6.07, 6.45) is 4.32. The average Bonchev–Trinajstić information content (AvgIpc) is 2.47. The van der Waals surface area contributed by atoms with Gasteiger partial charge in [-0.1, -0.05) is 23.8 Å². The number of hydrogen-bond donors (Lipinski definition) is 1. The third-order valence-electron chi connectivity index (χ3n) is 5.32. The Morgan fingerprint density at radius 2 is 2.25 bits per heavy atom. The summed E-state index contributed by atoms with van der Waals surface area (Å²) in [6.45, 7) is 4.12. The molecule has 1 aromatic rings. The van der Waals surface area contributed by atoms with Crippen LogP contribution in [0.4, 0.5) is 0 Å². The first-order chi connectivity index (χ1) is 9.74. The molecule has 1 N–H and O–H groups in total. The molecule has 3 heteroatoms. The second-order valence-corrected chi connectivity index (χ2v) is 6.54. The monoisotopic (exact) mass is 270 g/mol. The second-order valence-electron chi connectivity index (χ2n) is 6.54. The van der Waals surface area contributed by atoms with Gasteiger partial charge in [-0.3, -0.25) is 4.79 Å². The number of fused-ring (bicyclic) bond motifs is 4. The first-order valence-electron chi connectivity index (χ1n) is 7.87. The zero-order valence-corrected chi connectivity index (χ0v) is 12.1. The SMILES string of the molecule is Cc1ccc2c(c1)[C@@H]1C[C@@H]3NCCC[C@@H]3C(=O)N1CC2. The van der Waals surface area contributed by atoms with Crippen LogP contribution in [0.5, 0.6) is 0 Å². The quantitative estimate of drug-likeness (QED) is 0.784. The van der Waals surface area contributed by atoms with Crippen LogP contribution >= 0.6 is 0 Å². The van der Waals surface area contributed by atoms with Gasteiger partial charge in [-0.2, -0.15) is 0 Å². The summed E-state index contributed by atoms with van der Waals surface area (Å²) in [5.74, 6) is 0.622. The maximum atomic E-state index is 12.8. The van der Waals surface area contributed by atoms with E-state index in [9.17, 15) is 4.79 Å². The standard InChI is InChI=1S/C17H22N2O/c1-11-4-5-12-6-8-19-16(14(12)9-11)10-15-13(17(19)20)3-2-7-18-15/h4-5,9,13,15-16,18H,2-3,6-8,10H2,1H3/t13-,15-,16-/m0/s1. The van der Waals surface area contributed by atoms with Gasteiger partial charge in [0, 0.05) is 12.6 Å². The van der Waals surface area contributed by atoms with Gasteiger partial charge < -0.3 is 10.2 Å². The van der Waals surface area contributed by atoms with E-state index in [0.717, 1.165) is 38.8 Å². The first kappa shape index (κ1) is 12.4. The molecule has 0 spiro atoms. The zero-order chi connectivity index (χ0) is 13.7. The molecule has 4 rings (SSSR count). The summed E-state index contributed by atoms with van der Waals surface area (Å²) < 4.78 is 0. The molecule has 0 bridgehead atoms. The van der Waals surface area contributed by atoms with Gasteiger partial charge in [-0.15, -0.1) is 0 Å². The third-order valence-corrected chi connectivity index (χ3v) is 5.32. The van der Waals surface area contributed by atoms with E-state index in [2.05, 4.69) is 35.3 Å². The molecule has 0 aliphatic carbocycles. The highest BCUT2D eigenvalue weighted by Gasteiger charge is 2.44. The Hall–Kier alpha value is -1.35. The lowest BCUT2D eigenvalue weighted by atomic mass is 9.77. The van der Waals surface area contributed by atoms with E-state index >= 15 is 0 Å². The van der Waals surface area contributed by atoms with E-state index in [0.29, 0.717) is 18.0 Å². The number of piperidine rings is 2. The van der Waals surface area contributed by atoms with Crippen molar-refractivity contribution >= 4 is 5.91 Å². The molecule has 1 amide bonds. The summed E-state index contributed by atoms with van der Waals surface area (Å²) >= 11 is 0. The molecule has 2 saturated heterocycles. The van der Waals surface area contributed by atoms with Crippen LogP contribution in [0.3, 0.4) is 0 Å². The summed E-state index contributed by atoms with van der Waals surface area (Å²) in [4.78, 5) is 14.9. The van der Waals surface area contributed by atoms with Crippen molar-refractivity contribution in [3.8, 4) is 0 Å². The number of carbonyl (C=O) groups is 1. The van der Waals surface area contributed by atoms with Gasteiger partial charge in [0.15, 0.2) is 0 Å². The Balaban J connectivity index is 1.72. The maximum Gasteiger partial charge on any atom is 0.227 e. The van der Waals surface area contributed by atoms with Crippen LogP contribution in [0.1, 0.15) is 42.0 Å². The Morgan fingerprint density at radius 1 is 1.35 bits per heavy atom. The molecule has 106 valence electrons. The fraction of sp³-hybridized carbons (Fsp3) is 0.588. The summed E-state index contributed by atoms with van der Waals surface area (Å²) in [6, 6.07) is 7.44. The number of hydrogen-bond acceptors (Lipinski definition) is 2. The summed E-state index contributed by atoms with van der Waals surface area (Å²) in [5, 5.41) is 3.58. The van der Waals surface area contributed by atoms with E-state index in [-0.39, 0.29) is 5.92 Å². The molecule has 3 aliphatic rings. The number of rotatable bonds is 0. The average molecular weight is 270 g/mol. The van der Waals surface area contributed by atoms with Gasteiger partial charge in [0.1, 0.15) is 0 Å². The lowest BCUT2D eigenvalue weighted by Crippen LogP contribution is -2.57. The highest BCUT2D eigenvalue weighted by Crippen LogP contribution is 2.41. The molecule has 20 heavy (non-hydrogen) atoms.